The Morgan fingerprint density at radius 2 is 1.76 bits per heavy atom. The SMILES string of the molecule is COc1cc(Br)c(C(=O)Nc2csc(-c3ccc(I)cc3)c2C(=O)O)c(Br)c1Br. The largest absolute Gasteiger partial charge is 0.495 e. The third-order valence-corrected chi connectivity index (χ3v) is 8.42. The molecule has 0 aliphatic carbocycles. The third kappa shape index (κ3) is 4.71. The highest BCUT2D eigenvalue weighted by Gasteiger charge is 2.24. The highest BCUT2D eigenvalue weighted by atomic mass is 127. The maximum Gasteiger partial charge on any atom is 0.339 e. The van der Waals surface area contributed by atoms with Crippen LogP contribution in [0.2, 0.25) is 0 Å². The van der Waals surface area contributed by atoms with Gasteiger partial charge in [0.15, 0.2) is 0 Å². The minimum atomic E-state index is -1.11. The Labute approximate surface area is 209 Å². The molecule has 0 radical (unpaired) electrons. The number of benzene rings is 2. The lowest BCUT2D eigenvalue weighted by atomic mass is 10.1. The van der Waals surface area contributed by atoms with Crippen molar-refractivity contribution in [1.29, 1.82) is 0 Å². The van der Waals surface area contributed by atoms with Crippen LogP contribution < -0.4 is 10.1 Å². The fourth-order valence-electron chi connectivity index (χ4n) is 2.59. The summed E-state index contributed by atoms with van der Waals surface area (Å²) in [4.78, 5) is 25.5. The van der Waals surface area contributed by atoms with Gasteiger partial charge < -0.3 is 15.2 Å². The molecule has 0 unspecified atom stereocenters. The molecule has 0 fully saturated rings. The zero-order valence-electron chi connectivity index (χ0n) is 14.6. The van der Waals surface area contributed by atoms with Crippen LogP contribution in [0, 0.1) is 3.57 Å². The van der Waals surface area contributed by atoms with Crippen LogP contribution in [-0.4, -0.2) is 24.1 Å². The van der Waals surface area contributed by atoms with Gasteiger partial charge in [-0.1, -0.05) is 12.1 Å². The first-order chi connectivity index (χ1) is 13.7. The molecule has 0 aliphatic rings. The number of carbonyl (C=O) groups excluding carboxylic acids is 1. The van der Waals surface area contributed by atoms with Crippen LogP contribution >= 0.6 is 81.7 Å². The van der Waals surface area contributed by atoms with Gasteiger partial charge >= 0.3 is 5.97 Å². The average molecular weight is 716 g/mol. The minimum absolute atomic E-state index is 0.0596. The molecule has 0 aliphatic heterocycles. The fourth-order valence-corrected chi connectivity index (χ4v) is 5.87. The molecule has 0 spiro atoms. The number of hydrogen-bond donors (Lipinski definition) is 2. The molecule has 0 bridgehead atoms. The lowest BCUT2D eigenvalue weighted by Gasteiger charge is -2.13. The van der Waals surface area contributed by atoms with Crippen LogP contribution in [0.25, 0.3) is 10.4 Å². The monoisotopic (exact) mass is 713 g/mol. The molecular weight excluding hydrogens is 705 g/mol. The summed E-state index contributed by atoms with van der Waals surface area (Å²) in [5.74, 6) is -1.02. The summed E-state index contributed by atoms with van der Waals surface area (Å²) in [6.45, 7) is 0. The number of thiophene rings is 1. The molecule has 1 heterocycles. The summed E-state index contributed by atoms with van der Waals surface area (Å²) in [5, 5.41) is 14.1. The second-order valence-electron chi connectivity index (χ2n) is 5.68. The van der Waals surface area contributed by atoms with E-state index in [4.69, 9.17) is 4.74 Å². The summed E-state index contributed by atoms with van der Waals surface area (Å²) in [7, 11) is 1.52. The highest BCUT2D eigenvalue weighted by molar-refractivity contribution is 14.1. The number of anilines is 1. The predicted octanol–water partition coefficient (Wildman–Crippen LogP) is 7.27. The number of carboxylic acids is 1. The van der Waals surface area contributed by atoms with Crippen molar-refractivity contribution in [3.05, 3.63) is 63.8 Å². The van der Waals surface area contributed by atoms with E-state index < -0.39 is 11.9 Å². The first kappa shape index (κ1) is 22.7. The average Bonchev–Trinajstić information content (AvgIpc) is 3.09. The molecule has 10 heteroatoms. The maximum atomic E-state index is 13.0. The van der Waals surface area contributed by atoms with E-state index in [0.29, 0.717) is 29.6 Å². The smallest absolute Gasteiger partial charge is 0.339 e. The number of ether oxygens (including phenoxy) is 1. The number of carboxylic acid groups (broad SMARTS) is 1. The second kappa shape index (κ2) is 9.46. The van der Waals surface area contributed by atoms with Gasteiger partial charge in [-0.3, -0.25) is 4.79 Å². The van der Waals surface area contributed by atoms with E-state index in [1.807, 2.05) is 24.3 Å². The molecule has 0 saturated carbocycles. The van der Waals surface area contributed by atoms with Gasteiger partial charge in [0.25, 0.3) is 5.91 Å². The quantitative estimate of drug-likeness (QED) is 0.216. The van der Waals surface area contributed by atoms with Gasteiger partial charge in [0.1, 0.15) is 11.3 Å². The van der Waals surface area contributed by atoms with Crippen molar-refractivity contribution < 1.29 is 19.4 Å². The molecule has 1 amide bonds. The van der Waals surface area contributed by atoms with Crippen molar-refractivity contribution in [2.45, 2.75) is 0 Å². The highest BCUT2D eigenvalue weighted by Crippen LogP contribution is 2.41. The van der Waals surface area contributed by atoms with Crippen molar-refractivity contribution in [2.24, 2.45) is 0 Å². The van der Waals surface area contributed by atoms with Gasteiger partial charge in [-0.2, -0.15) is 0 Å². The number of hydrogen-bond acceptors (Lipinski definition) is 4. The van der Waals surface area contributed by atoms with Crippen molar-refractivity contribution in [3.63, 3.8) is 0 Å². The third-order valence-electron chi connectivity index (χ3n) is 3.93. The first-order valence-electron chi connectivity index (χ1n) is 7.88. The molecule has 5 nitrogen and oxygen atoms in total. The van der Waals surface area contributed by atoms with Crippen molar-refractivity contribution in [1.82, 2.24) is 0 Å². The standard InChI is InChI=1S/C19H11Br3INO4S/c1-28-12-6-10(20)13(16(22)15(12)21)18(25)24-11-7-29-17(14(11)19(26)27)8-2-4-9(23)5-3-8/h2-7H,1H3,(H,24,25)(H,26,27). The van der Waals surface area contributed by atoms with Gasteiger partial charge in [-0.15, -0.1) is 11.3 Å². The molecule has 3 rings (SSSR count). The normalized spacial score (nSPS) is 10.7. The maximum absolute atomic E-state index is 13.0. The Hall–Kier alpha value is -0.950. The second-order valence-corrected chi connectivity index (χ2v) is 10.2. The molecule has 3 aromatic rings. The molecule has 29 heavy (non-hydrogen) atoms. The molecule has 2 aromatic carbocycles. The van der Waals surface area contributed by atoms with Crippen molar-refractivity contribution in [2.75, 3.05) is 12.4 Å². The number of methoxy groups -OCH3 is 1. The van der Waals surface area contributed by atoms with Crippen LogP contribution in [0.5, 0.6) is 5.75 Å². The Balaban J connectivity index is 2.01. The van der Waals surface area contributed by atoms with Crippen LogP contribution in [-0.2, 0) is 0 Å². The van der Waals surface area contributed by atoms with E-state index >= 15 is 0 Å². The Morgan fingerprint density at radius 3 is 2.34 bits per heavy atom. The van der Waals surface area contributed by atoms with Gasteiger partial charge in [0.2, 0.25) is 0 Å². The van der Waals surface area contributed by atoms with Crippen LogP contribution in [0.15, 0.2) is 49.1 Å². The molecular formula is C19H11Br3INO4S. The summed E-state index contributed by atoms with van der Waals surface area (Å²) < 4.78 is 7.88. The summed E-state index contributed by atoms with van der Waals surface area (Å²) in [6.07, 6.45) is 0. The van der Waals surface area contributed by atoms with E-state index in [1.165, 1.54) is 18.4 Å². The van der Waals surface area contributed by atoms with Gasteiger partial charge in [0.05, 0.1) is 27.7 Å². The van der Waals surface area contributed by atoms with Gasteiger partial charge in [-0.05, 0) is 94.1 Å². The summed E-state index contributed by atoms with van der Waals surface area (Å²) in [6, 6.07) is 9.19. The Kier molecular flexibility index (Phi) is 7.41. The molecule has 1 aromatic heterocycles. The van der Waals surface area contributed by atoms with Crippen molar-refractivity contribution in [3.8, 4) is 16.2 Å². The number of amides is 1. The lowest BCUT2D eigenvalue weighted by molar-refractivity contribution is 0.0699. The molecule has 150 valence electrons. The van der Waals surface area contributed by atoms with Crippen LogP contribution in [0.4, 0.5) is 5.69 Å². The van der Waals surface area contributed by atoms with Crippen LogP contribution in [0.3, 0.4) is 0 Å². The van der Waals surface area contributed by atoms with E-state index in [0.717, 1.165) is 9.13 Å². The van der Waals surface area contributed by atoms with E-state index in [9.17, 15) is 14.7 Å². The molecule has 0 atom stereocenters. The van der Waals surface area contributed by atoms with Gasteiger partial charge in [0, 0.05) is 17.9 Å². The van der Waals surface area contributed by atoms with Gasteiger partial charge in [-0.25, -0.2) is 4.79 Å². The number of carbonyl (C=O) groups is 2. The van der Waals surface area contributed by atoms with E-state index in [1.54, 1.807) is 11.4 Å². The topological polar surface area (TPSA) is 75.6 Å². The molecule has 2 N–H and O–H groups in total. The fraction of sp³-hybridized carbons (Fsp3) is 0.0526. The summed E-state index contributed by atoms with van der Waals surface area (Å²) >= 11 is 13.6. The Morgan fingerprint density at radius 1 is 1.10 bits per heavy atom. The lowest BCUT2D eigenvalue weighted by Crippen LogP contribution is -2.15. The molecule has 0 saturated heterocycles. The van der Waals surface area contributed by atoms with Crippen LogP contribution in [0.1, 0.15) is 20.7 Å². The van der Waals surface area contributed by atoms with E-state index in [2.05, 4.69) is 75.7 Å². The summed E-state index contributed by atoms with van der Waals surface area (Å²) in [5.41, 5.74) is 1.40. The zero-order valence-corrected chi connectivity index (χ0v) is 22.3. The Bertz CT molecular complexity index is 1120. The first-order valence-corrected chi connectivity index (χ1v) is 12.2. The zero-order chi connectivity index (χ0) is 21.3. The number of rotatable bonds is 5. The van der Waals surface area contributed by atoms with E-state index in [-0.39, 0.29) is 11.3 Å². The number of aromatic carboxylic acids is 1. The predicted molar refractivity (Wildman–Crippen MR) is 133 cm³/mol. The number of nitrogens with one attached hydrogen (secondary N) is 1. The van der Waals surface area contributed by atoms with Crippen molar-refractivity contribution >= 4 is 99.3 Å². The minimum Gasteiger partial charge on any atom is -0.495 e. The number of halogens is 4.